The van der Waals surface area contributed by atoms with Gasteiger partial charge in [0.05, 0.1) is 23.9 Å². The van der Waals surface area contributed by atoms with Crippen molar-refractivity contribution in [3.8, 4) is 11.1 Å². The number of aliphatic imine (C=N–C) groups is 1. The molecule has 0 fully saturated rings. The number of alkyl carbamates (subject to hydrolysis) is 1. The molecular weight excluding hydrogens is 442 g/mol. The molecule has 34 heavy (non-hydrogen) atoms. The van der Waals surface area contributed by atoms with Gasteiger partial charge in [0, 0.05) is 29.4 Å². The molecule has 9 heteroatoms. The van der Waals surface area contributed by atoms with Crippen molar-refractivity contribution in [3.05, 3.63) is 93.4 Å². The van der Waals surface area contributed by atoms with E-state index in [1.165, 1.54) is 19.2 Å². The van der Waals surface area contributed by atoms with E-state index in [1.807, 2.05) is 12.1 Å². The van der Waals surface area contributed by atoms with Crippen molar-refractivity contribution in [3.63, 3.8) is 0 Å². The Bertz CT molecular complexity index is 1550. The number of amidine groups is 1. The maximum Gasteiger partial charge on any atom is 0.412 e. The lowest BCUT2D eigenvalue weighted by molar-refractivity contribution is 0.176. The molecule has 2 heterocycles. The summed E-state index contributed by atoms with van der Waals surface area (Å²) in [5.41, 5.74) is 2.24. The van der Waals surface area contributed by atoms with E-state index < -0.39 is 17.7 Å². The van der Waals surface area contributed by atoms with Gasteiger partial charge >= 0.3 is 6.09 Å². The minimum absolute atomic E-state index is 0.101. The fraction of sp³-hybridized carbons (Fsp3) is 0.120. The van der Waals surface area contributed by atoms with Gasteiger partial charge < -0.3 is 4.74 Å². The quantitative estimate of drug-likeness (QED) is 0.474. The normalized spacial score (nSPS) is 12.4. The van der Waals surface area contributed by atoms with E-state index in [1.54, 1.807) is 30.3 Å². The second-order valence-corrected chi connectivity index (χ2v) is 7.84. The Morgan fingerprint density at radius 1 is 1.09 bits per heavy atom. The summed E-state index contributed by atoms with van der Waals surface area (Å²) in [7, 11) is 1.22. The first kappa shape index (κ1) is 21.4. The fourth-order valence-electron chi connectivity index (χ4n) is 4.05. The summed E-state index contributed by atoms with van der Waals surface area (Å²) in [5.74, 6) is -0.809. The first-order valence-electron chi connectivity index (χ1n) is 10.4. The third kappa shape index (κ3) is 3.92. The molecule has 0 spiro atoms. The molecule has 1 aliphatic rings. The lowest BCUT2D eigenvalue weighted by Crippen LogP contribution is -2.30. The molecular formula is C25H18F2N4O3. The minimum Gasteiger partial charge on any atom is -0.453 e. The van der Waals surface area contributed by atoms with Crippen LogP contribution in [0.5, 0.6) is 0 Å². The number of carbonyl (C=O) groups excluding carboxylic acids is 1. The van der Waals surface area contributed by atoms with Crippen molar-refractivity contribution < 1.29 is 18.3 Å². The van der Waals surface area contributed by atoms with Crippen LogP contribution < -0.4 is 10.9 Å². The summed E-state index contributed by atoms with van der Waals surface area (Å²) >= 11 is 0. The Hall–Kier alpha value is -4.40. The number of hydrogen-bond donors (Lipinski definition) is 2. The van der Waals surface area contributed by atoms with Crippen LogP contribution >= 0.6 is 0 Å². The third-order valence-electron chi connectivity index (χ3n) is 5.69. The van der Waals surface area contributed by atoms with E-state index in [0.717, 1.165) is 5.56 Å². The van der Waals surface area contributed by atoms with E-state index in [9.17, 15) is 18.4 Å². The Balaban J connectivity index is 1.51. The van der Waals surface area contributed by atoms with Gasteiger partial charge in [0.1, 0.15) is 17.5 Å². The Morgan fingerprint density at radius 3 is 2.68 bits per heavy atom. The predicted molar refractivity (Wildman–Crippen MR) is 123 cm³/mol. The topological polar surface area (TPSA) is 96.4 Å². The van der Waals surface area contributed by atoms with Gasteiger partial charge in [-0.3, -0.25) is 10.1 Å². The number of nitrogens with zero attached hydrogens (tertiary/aromatic N) is 2. The molecule has 0 unspecified atom stereocenters. The highest BCUT2D eigenvalue weighted by Gasteiger charge is 2.22. The van der Waals surface area contributed by atoms with Crippen LogP contribution in [-0.4, -0.2) is 29.2 Å². The van der Waals surface area contributed by atoms with Crippen molar-refractivity contribution in [2.45, 2.75) is 12.8 Å². The molecule has 0 aliphatic carbocycles. The number of aromatic nitrogens is 2. The highest BCUT2D eigenvalue weighted by atomic mass is 19.1. The first-order chi connectivity index (χ1) is 16.4. The van der Waals surface area contributed by atoms with Crippen LogP contribution in [-0.2, 0) is 17.6 Å². The van der Waals surface area contributed by atoms with Crippen molar-refractivity contribution in [1.82, 2.24) is 15.5 Å². The number of fused-ring (bicyclic) bond motifs is 2. The predicted octanol–water partition coefficient (Wildman–Crippen LogP) is 4.40. The molecule has 4 aromatic rings. The summed E-state index contributed by atoms with van der Waals surface area (Å²) in [5, 5.41) is 10.3. The highest BCUT2D eigenvalue weighted by Crippen LogP contribution is 2.35. The molecule has 5 rings (SSSR count). The molecule has 0 bridgehead atoms. The number of nitrogens with one attached hydrogen (secondary N) is 2. The van der Waals surface area contributed by atoms with Gasteiger partial charge in [0.15, 0.2) is 0 Å². The second-order valence-electron chi connectivity index (χ2n) is 7.84. The number of rotatable bonds is 3. The number of amides is 1. The van der Waals surface area contributed by atoms with Gasteiger partial charge in [0.2, 0.25) is 0 Å². The molecule has 1 aromatic heterocycles. The number of H-pyrrole nitrogens is 1. The van der Waals surface area contributed by atoms with Gasteiger partial charge in [-0.25, -0.2) is 23.7 Å². The van der Waals surface area contributed by atoms with Crippen molar-refractivity contribution >= 4 is 28.4 Å². The zero-order valence-corrected chi connectivity index (χ0v) is 18.0. The molecule has 1 aliphatic heterocycles. The first-order valence-corrected chi connectivity index (χ1v) is 10.4. The van der Waals surface area contributed by atoms with E-state index in [2.05, 4.69) is 25.2 Å². The lowest BCUT2D eigenvalue weighted by Gasteiger charge is -2.10. The highest BCUT2D eigenvalue weighted by molar-refractivity contribution is 6.01. The third-order valence-corrected chi connectivity index (χ3v) is 5.69. The lowest BCUT2D eigenvalue weighted by atomic mass is 9.97. The summed E-state index contributed by atoms with van der Waals surface area (Å²) < 4.78 is 34.2. The zero-order valence-electron chi connectivity index (χ0n) is 18.0. The molecule has 0 saturated heterocycles. The summed E-state index contributed by atoms with van der Waals surface area (Å²) in [6, 6.07) is 14.5. The van der Waals surface area contributed by atoms with E-state index in [-0.39, 0.29) is 23.4 Å². The van der Waals surface area contributed by atoms with E-state index >= 15 is 0 Å². The number of benzene rings is 3. The number of hydrogen-bond acceptors (Lipinski definition) is 5. The zero-order chi connectivity index (χ0) is 23.8. The van der Waals surface area contributed by atoms with Crippen molar-refractivity contribution in [1.29, 1.82) is 0 Å². The number of carbonyl (C=O) groups is 1. The van der Waals surface area contributed by atoms with Gasteiger partial charge in [-0.1, -0.05) is 24.3 Å². The van der Waals surface area contributed by atoms with Crippen LogP contribution in [0, 0.1) is 11.6 Å². The second kappa shape index (κ2) is 8.51. The maximum atomic E-state index is 14.8. The van der Waals surface area contributed by atoms with E-state index in [0.29, 0.717) is 39.7 Å². The van der Waals surface area contributed by atoms with Crippen LogP contribution in [0.1, 0.15) is 16.8 Å². The molecule has 7 nitrogen and oxygen atoms in total. The van der Waals surface area contributed by atoms with Crippen LogP contribution in [0.4, 0.5) is 19.3 Å². The van der Waals surface area contributed by atoms with Gasteiger partial charge in [-0.05, 0) is 41.5 Å². The molecule has 1 amide bonds. The van der Waals surface area contributed by atoms with E-state index in [4.69, 9.17) is 0 Å². The summed E-state index contributed by atoms with van der Waals surface area (Å²) in [6.45, 7) is 0. The largest absolute Gasteiger partial charge is 0.453 e. The SMILES string of the molecule is COC(=O)NC1=Nc2cc(-c3cc(Cc4n[nH]c(=O)c5ccccc45)ccc3F)cc(F)c2C1. The van der Waals surface area contributed by atoms with Crippen LogP contribution in [0.2, 0.25) is 0 Å². The summed E-state index contributed by atoms with van der Waals surface area (Å²) in [4.78, 5) is 27.7. The summed E-state index contributed by atoms with van der Waals surface area (Å²) in [6.07, 6.45) is -0.262. The molecule has 2 N–H and O–H groups in total. The number of methoxy groups -OCH3 is 1. The van der Waals surface area contributed by atoms with Crippen LogP contribution in [0.25, 0.3) is 21.9 Å². The Labute approximate surface area is 192 Å². The average Bonchev–Trinajstić information content (AvgIpc) is 3.25. The van der Waals surface area contributed by atoms with Crippen LogP contribution in [0.3, 0.4) is 0 Å². The van der Waals surface area contributed by atoms with Gasteiger partial charge in [-0.15, -0.1) is 0 Å². The monoisotopic (exact) mass is 460 g/mol. The average molecular weight is 460 g/mol. The van der Waals surface area contributed by atoms with Crippen molar-refractivity contribution in [2.75, 3.05) is 7.11 Å². The number of aromatic amines is 1. The maximum absolute atomic E-state index is 14.8. The van der Waals surface area contributed by atoms with Crippen molar-refractivity contribution in [2.24, 2.45) is 4.99 Å². The fourth-order valence-corrected chi connectivity index (χ4v) is 4.05. The number of ether oxygens (including phenoxy) is 1. The van der Waals surface area contributed by atoms with Gasteiger partial charge in [-0.2, -0.15) is 5.10 Å². The Morgan fingerprint density at radius 2 is 1.88 bits per heavy atom. The van der Waals surface area contributed by atoms with Crippen LogP contribution in [0.15, 0.2) is 64.4 Å². The van der Waals surface area contributed by atoms with Gasteiger partial charge in [0.25, 0.3) is 5.56 Å². The smallest absolute Gasteiger partial charge is 0.412 e. The molecule has 170 valence electrons. The molecule has 3 aromatic carbocycles. The Kier molecular flexibility index (Phi) is 5.37. The molecule has 0 saturated carbocycles. The molecule has 0 radical (unpaired) electrons. The minimum atomic E-state index is -0.700. The molecule has 0 atom stereocenters. The number of halogens is 2. The standard InChI is InChI=1S/C25H18F2N4O3/c1-34-25(33)29-23-12-18-20(27)10-14(11-21(18)28-23)17-8-13(6-7-19(17)26)9-22-15-4-2-3-5-16(15)24(32)31-30-22/h2-8,10-11H,9,12H2,1H3,(H,31,32)(H,28,29,33).